The molecular weight excluding hydrogens is 655 g/mol. The summed E-state index contributed by atoms with van der Waals surface area (Å²) in [5.41, 5.74) is 9.61. The van der Waals surface area contributed by atoms with E-state index in [1.807, 2.05) is 60.7 Å². The standard InChI is InChI=1S/C28H32N8O2.C11H17N3/c1-28(38)12-4-3-5-13-35-26(37)22-19-29-27(32-25(22)36(35)24-11-7-10-23(28)31-24)30-20-8-6-9-21(18-20)34-16-14-33(2)15-17-34;1-13-5-7-14(8-6-13)11-4-2-3-10(12)9-11/h3,5-11,18-19,38H,4,12-17H2,1-2H3,(H,29,30,32);2-4,9H,5-8,12H2,1H3/b5-3-;/t28-;/m1./s1. The smallest absolute Gasteiger partial charge is 0.278 e. The largest absolute Gasteiger partial charge is 0.399 e. The lowest BCUT2D eigenvalue weighted by Crippen LogP contribution is -2.44. The molecule has 2 aromatic carbocycles. The lowest BCUT2D eigenvalue weighted by molar-refractivity contribution is 0.0443. The summed E-state index contributed by atoms with van der Waals surface area (Å²) in [5.74, 6) is 0.911. The summed E-state index contributed by atoms with van der Waals surface area (Å²) in [6.07, 6.45) is 6.71. The van der Waals surface area contributed by atoms with Gasteiger partial charge in [-0.25, -0.2) is 19.3 Å². The van der Waals surface area contributed by atoms with Gasteiger partial charge in [0, 0.05) is 81.3 Å². The number of hydrogen-bond donors (Lipinski definition) is 3. The lowest BCUT2D eigenvalue weighted by atomic mass is 9.95. The molecule has 0 spiro atoms. The third kappa shape index (κ3) is 7.81. The molecule has 0 amide bonds. The summed E-state index contributed by atoms with van der Waals surface area (Å²) >= 11 is 0. The third-order valence-corrected chi connectivity index (χ3v) is 10.1. The van der Waals surface area contributed by atoms with E-state index < -0.39 is 5.60 Å². The number of hydrogen-bond acceptors (Lipinski definition) is 11. The van der Waals surface area contributed by atoms with Crippen LogP contribution in [0.2, 0.25) is 0 Å². The maximum atomic E-state index is 13.4. The highest BCUT2D eigenvalue weighted by Gasteiger charge is 2.26. The van der Waals surface area contributed by atoms with Crippen LogP contribution in [0.15, 0.2) is 89.9 Å². The molecule has 0 aliphatic carbocycles. The number of nitrogens with two attached hydrogens (primary N) is 1. The summed E-state index contributed by atoms with van der Waals surface area (Å²) in [5, 5.41) is 14.8. The third-order valence-electron chi connectivity index (χ3n) is 10.1. The van der Waals surface area contributed by atoms with Crippen LogP contribution in [0.1, 0.15) is 25.5 Å². The van der Waals surface area contributed by atoms with Gasteiger partial charge >= 0.3 is 0 Å². The van der Waals surface area contributed by atoms with Crippen molar-refractivity contribution in [3.63, 3.8) is 0 Å². The first kappa shape index (κ1) is 35.2. The Labute approximate surface area is 304 Å². The van der Waals surface area contributed by atoms with E-state index in [1.54, 1.807) is 22.5 Å². The number of piperazine rings is 2. The molecule has 2 saturated heterocycles. The highest BCUT2D eigenvalue weighted by molar-refractivity contribution is 5.77. The zero-order valence-corrected chi connectivity index (χ0v) is 30.3. The average Bonchev–Trinajstić information content (AvgIpc) is 3.41. The van der Waals surface area contributed by atoms with Gasteiger partial charge < -0.3 is 35.8 Å². The van der Waals surface area contributed by atoms with Crippen molar-refractivity contribution < 1.29 is 5.11 Å². The van der Waals surface area contributed by atoms with Gasteiger partial charge in [0.1, 0.15) is 11.0 Å². The molecule has 13 heteroatoms. The number of rotatable bonds is 4. The van der Waals surface area contributed by atoms with Crippen LogP contribution in [0.5, 0.6) is 0 Å². The summed E-state index contributed by atoms with van der Waals surface area (Å²) in [4.78, 5) is 36.8. The minimum absolute atomic E-state index is 0.188. The summed E-state index contributed by atoms with van der Waals surface area (Å²) in [6.45, 7) is 10.6. The molecule has 5 aromatic rings. The van der Waals surface area contributed by atoms with E-state index in [9.17, 15) is 9.90 Å². The molecule has 0 saturated carbocycles. The number of fused-ring (bicyclic) bond motifs is 6. The number of nitrogen functional groups attached to an aromatic ring is 1. The molecule has 3 aliphatic rings. The van der Waals surface area contributed by atoms with E-state index in [4.69, 9.17) is 15.7 Å². The molecule has 3 aliphatic heterocycles. The summed E-state index contributed by atoms with van der Waals surface area (Å²) in [6, 6.07) is 21.8. The molecule has 2 fully saturated rings. The van der Waals surface area contributed by atoms with Crippen LogP contribution in [-0.4, -0.2) is 106 Å². The normalized spacial score (nSPS) is 20.4. The van der Waals surface area contributed by atoms with Gasteiger partial charge in [-0.05, 0) is 82.4 Å². The molecule has 1 atom stereocenters. The number of nitrogens with zero attached hydrogens (tertiary/aromatic N) is 9. The Morgan fingerprint density at radius 1 is 0.808 bits per heavy atom. The summed E-state index contributed by atoms with van der Waals surface area (Å²) in [7, 11) is 4.31. The second-order valence-electron chi connectivity index (χ2n) is 14.1. The predicted octanol–water partition coefficient (Wildman–Crippen LogP) is 4.05. The van der Waals surface area contributed by atoms with Gasteiger partial charge in [-0.15, -0.1) is 0 Å². The van der Waals surface area contributed by atoms with E-state index in [-0.39, 0.29) is 5.56 Å². The van der Waals surface area contributed by atoms with Crippen LogP contribution < -0.4 is 26.4 Å². The number of benzene rings is 2. The van der Waals surface area contributed by atoms with Crippen molar-refractivity contribution in [2.24, 2.45) is 0 Å². The minimum Gasteiger partial charge on any atom is -0.399 e. The van der Waals surface area contributed by atoms with E-state index in [2.05, 4.69) is 62.2 Å². The zero-order valence-electron chi connectivity index (χ0n) is 30.3. The Hall–Kier alpha value is -5.24. The first-order valence-corrected chi connectivity index (χ1v) is 18.1. The first-order valence-electron chi connectivity index (χ1n) is 18.1. The average molecular weight is 704 g/mol. The Bertz CT molecular complexity index is 2090. The zero-order chi connectivity index (χ0) is 36.2. The number of allylic oxidation sites excluding steroid dienone is 2. The molecule has 3 aromatic heterocycles. The van der Waals surface area contributed by atoms with Crippen LogP contribution in [0.25, 0.3) is 16.9 Å². The first-order chi connectivity index (χ1) is 25.1. The number of likely N-dealkylation sites (N-methyl/N-ethyl adjacent to an activating group) is 2. The Morgan fingerprint density at radius 2 is 1.46 bits per heavy atom. The van der Waals surface area contributed by atoms with Crippen LogP contribution in [0.4, 0.5) is 28.7 Å². The molecule has 52 heavy (non-hydrogen) atoms. The molecule has 0 unspecified atom stereocenters. The second kappa shape index (κ2) is 15.2. The number of anilines is 5. The van der Waals surface area contributed by atoms with Gasteiger partial charge in [0.2, 0.25) is 5.95 Å². The number of pyridine rings is 1. The van der Waals surface area contributed by atoms with Crippen molar-refractivity contribution in [1.82, 2.24) is 34.1 Å². The highest BCUT2D eigenvalue weighted by Crippen LogP contribution is 2.28. The van der Waals surface area contributed by atoms with Crippen molar-refractivity contribution >= 4 is 39.7 Å². The predicted molar refractivity (Wildman–Crippen MR) is 209 cm³/mol. The van der Waals surface area contributed by atoms with Crippen molar-refractivity contribution in [3.8, 4) is 5.82 Å². The van der Waals surface area contributed by atoms with Gasteiger partial charge in [-0.1, -0.05) is 30.4 Å². The fraction of sp³-hybridized carbons (Fsp3) is 0.385. The van der Waals surface area contributed by atoms with Gasteiger partial charge in [0.05, 0.1) is 12.2 Å². The van der Waals surface area contributed by atoms with Crippen LogP contribution >= 0.6 is 0 Å². The Balaban J connectivity index is 0.000000251. The molecule has 2 bridgehead atoms. The van der Waals surface area contributed by atoms with Gasteiger partial charge in [0.15, 0.2) is 11.5 Å². The molecular formula is C39H49N11O2. The topological polar surface area (TPSA) is 137 Å². The molecule has 6 heterocycles. The summed E-state index contributed by atoms with van der Waals surface area (Å²) < 4.78 is 3.33. The van der Waals surface area contributed by atoms with E-state index >= 15 is 0 Å². The Morgan fingerprint density at radius 3 is 2.15 bits per heavy atom. The second-order valence-corrected chi connectivity index (χ2v) is 14.1. The molecule has 8 rings (SSSR count). The SMILES string of the molecule is CN1CCN(c2cccc(N)c2)CC1.CN1CCN(c2cccc(Nc3ncc4c(=O)n5n(c4n3)-c3cccc(n3)[C@](C)(O)CC/C=C\C5)c2)CC1. The monoisotopic (exact) mass is 703 g/mol. The van der Waals surface area contributed by atoms with Gasteiger partial charge in [0.25, 0.3) is 5.56 Å². The molecule has 0 radical (unpaired) electrons. The van der Waals surface area contributed by atoms with Crippen molar-refractivity contribution in [2.75, 3.05) is 87.3 Å². The maximum absolute atomic E-state index is 13.4. The fourth-order valence-corrected chi connectivity index (χ4v) is 6.87. The molecule has 4 N–H and O–H groups in total. The van der Waals surface area contributed by atoms with Crippen molar-refractivity contribution in [2.45, 2.75) is 31.9 Å². The van der Waals surface area contributed by atoms with Crippen molar-refractivity contribution in [1.29, 1.82) is 0 Å². The Kier molecular flexibility index (Phi) is 10.3. The number of aromatic nitrogens is 5. The fourth-order valence-electron chi connectivity index (χ4n) is 6.87. The maximum Gasteiger partial charge on any atom is 0.278 e. The van der Waals surface area contributed by atoms with Crippen molar-refractivity contribution in [3.05, 3.63) is 101 Å². The van der Waals surface area contributed by atoms with E-state index in [0.29, 0.717) is 47.9 Å². The minimum atomic E-state index is -1.09. The van der Waals surface area contributed by atoms with Crippen LogP contribution in [0, 0.1) is 0 Å². The van der Waals surface area contributed by atoms with Gasteiger partial charge in [-0.2, -0.15) is 4.98 Å². The quantitative estimate of drug-likeness (QED) is 0.185. The highest BCUT2D eigenvalue weighted by atomic mass is 16.3. The van der Waals surface area contributed by atoms with Gasteiger partial charge in [-0.3, -0.25) is 4.79 Å². The molecule has 13 nitrogen and oxygen atoms in total. The van der Waals surface area contributed by atoms with Crippen LogP contribution in [-0.2, 0) is 12.1 Å². The van der Waals surface area contributed by atoms with E-state index in [1.165, 1.54) is 5.69 Å². The van der Waals surface area contributed by atoms with E-state index in [0.717, 1.165) is 69.4 Å². The number of aliphatic hydroxyl groups is 1. The number of nitrogens with one attached hydrogen (secondary N) is 1. The molecule has 272 valence electrons. The lowest BCUT2D eigenvalue weighted by Gasteiger charge is -2.34. The van der Waals surface area contributed by atoms with Crippen LogP contribution in [0.3, 0.4) is 0 Å².